The van der Waals surface area contributed by atoms with Gasteiger partial charge in [-0.05, 0) is 46.0 Å². The Morgan fingerprint density at radius 3 is 2.48 bits per heavy atom. The number of hydrogen-bond donors (Lipinski definition) is 1. The van der Waals surface area contributed by atoms with Gasteiger partial charge in [0.25, 0.3) is 5.91 Å². The Kier molecular flexibility index (Phi) is 7.90. The maximum Gasteiger partial charge on any atom is 0.313 e. The lowest BCUT2D eigenvalue weighted by molar-refractivity contribution is -0.169. The molecule has 1 amide bonds. The number of carbonyl (C=O) groups is 2. The van der Waals surface area contributed by atoms with Crippen molar-refractivity contribution in [2.75, 3.05) is 19.5 Å². The second-order valence-electron chi connectivity index (χ2n) is 8.79. The molecule has 0 aromatic rings. The molecule has 0 radical (unpaired) electrons. The molecule has 1 aliphatic carbocycles. The number of hydrogen-bond acceptors (Lipinski definition) is 6. The number of rotatable bonds is 7. The topological polar surface area (TPSA) is 93.1 Å². The molecule has 0 aromatic carbocycles. The van der Waals surface area contributed by atoms with Crippen molar-refractivity contribution in [1.29, 1.82) is 0 Å². The van der Waals surface area contributed by atoms with Crippen molar-refractivity contribution in [3.63, 3.8) is 0 Å². The van der Waals surface area contributed by atoms with E-state index in [4.69, 9.17) is 9.26 Å². The molecule has 8 heteroatoms. The third-order valence-electron chi connectivity index (χ3n) is 5.51. The third kappa shape index (κ3) is 6.30. The van der Waals surface area contributed by atoms with Crippen molar-refractivity contribution in [2.24, 2.45) is 11.3 Å². The first-order valence-electron chi connectivity index (χ1n) is 10.0. The molecule has 2 atom stereocenters. The minimum atomic E-state index is -3.39. The molecule has 2 rings (SSSR count). The Hall–Kier alpha value is -0.910. The molecular formula is C19H34NO6P. The number of hydroxylamine groups is 2. The highest BCUT2D eigenvalue weighted by atomic mass is 31.2. The first kappa shape index (κ1) is 22.4. The largest absolute Gasteiger partial charge is 0.438 e. The molecule has 1 heterocycles. The van der Waals surface area contributed by atoms with E-state index in [-0.39, 0.29) is 12.7 Å². The summed E-state index contributed by atoms with van der Waals surface area (Å²) in [6.45, 7) is 5.01. The summed E-state index contributed by atoms with van der Waals surface area (Å²) in [6, 6.07) is 0. The zero-order valence-electron chi connectivity index (χ0n) is 16.8. The molecule has 0 aromatic heterocycles. The van der Waals surface area contributed by atoms with E-state index in [1.165, 1.54) is 19.3 Å². The van der Waals surface area contributed by atoms with Gasteiger partial charge in [0.15, 0.2) is 6.79 Å². The van der Waals surface area contributed by atoms with Gasteiger partial charge in [-0.2, -0.15) is 0 Å². The van der Waals surface area contributed by atoms with E-state index in [9.17, 15) is 19.4 Å². The van der Waals surface area contributed by atoms with E-state index in [1.807, 2.05) is 0 Å². The summed E-state index contributed by atoms with van der Waals surface area (Å²) in [5, 5.41) is 10.4. The lowest BCUT2D eigenvalue weighted by Crippen LogP contribution is -2.42. The summed E-state index contributed by atoms with van der Waals surface area (Å²) in [6.07, 6.45) is 7.87. The van der Waals surface area contributed by atoms with Crippen LogP contribution in [0.5, 0.6) is 0 Å². The van der Waals surface area contributed by atoms with Crippen molar-refractivity contribution in [3.8, 4) is 0 Å². The van der Waals surface area contributed by atoms with E-state index in [2.05, 4.69) is 0 Å². The van der Waals surface area contributed by atoms with Gasteiger partial charge in [0.2, 0.25) is 7.37 Å². The molecule has 7 nitrogen and oxygen atoms in total. The predicted molar refractivity (Wildman–Crippen MR) is 102 cm³/mol. The third-order valence-corrected chi connectivity index (χ3v) is 8.36. The van der Waals surface area contributed by atoms with E-state index in [1.54, 1.807) is 20.8 Å². The lowest BCUT2D eigenvalue weighted by Gasteiger charge is -2.33. The normalized spacial score (nSPS) is 24.5. The molecule has 1 N–H and O–H groups in total. The first-order valence-corrected chi connectivity index (χ1v) is 11.9. The maximum atomic E-state index is 13.6. The van der Waals surface area contributed by atoms with Crippen LogP contribution in [0.15, 0.2) is 0 Å². The zero-order chi connectivity index (χ0) is 20.1. The number of nitrogens with zero attached hydrogens (tertiary/aromatic N) is 1. The molecule has 1 saturated carbocycles. The van der Waals surface area contributed by atoms with Gasteiger partial charge in [0, 0.05) is 12.7 Å². The summed E-state index contributed by atoms with van der Waals surface area (Å²) < 4.78 is 24.4. The Morgan fingerprint density at radius 2 is 1.85 bits per heavy atom. The Morgan fingerprint density at radius 1 is 1.19 bits per heavy atom. The number of carbonyl (C=O) groups excluding carboxylic acids is 2. The van der Waals surface area contributed by atoms with Crippen molar-refractivity contribution >= 4 is 19.2 Å². The van der Waals surface area contributed by atoms with Crippen LogP contribution in [0, 0.1) is 11.3 Å². The van der Waals surface area contributed by atoms with Crippen molar-refractivity contribution in [2.45, 2.75) is 77.8 Å². The van der Waals surface area contributed by atoms with Gasteiger partial charge in [-0.3, -0.25) is 23.9 Å². The molecular weight excluding hydrogens is 369 g/mol. The quantitative estimate of drug-likeness (QED) is 0.297. The Labute approximate surface area is 162 Å². The fourth-order valence-electron chi connectivity index (χ4n) is 3.74. The average Bonchev–Trinajstić information content (AvgIpc) is 2.62. The van der Waals surface area contributed by atoms with Crippen LogP contribution in [0.2, 0.25) is 0 Å². The van der Waals surface area contributed by atoms with E-state index in [0.717, 1.165) is 19.3 Å². The monoisotopic (exact) mass is 403 g/mol. The standard InChI is InChI=1S/C19H34NO6P/c1-19(2,3)18(22)25-14-26-27(24,13-11-15-8-5-4-6-9-15)16-10-7-12-20(23)17(16)21/h15-16,23H,4-14H2,1-3H3. The van der Waals surface area contributed by atoms with Crippen LogP contribution in [0.25, 0.3) is 0 Å². The van der Waals surface area contributed by atoms with Gasteiger partial charge >= 0.3 is 5.97 Å². The minimum absolute atomic E-state index is 0.247. The summed E-state index contributed by atoms with van der Waals surface area (Å²) in [4.78, 5) is 24.3. The maximum absolute atomic E-state index is 13.6. The summed E-state index contributed by atoms with van der Waals surface area (Å²) in [7, 11) is -3.39. The van der Waals surface area contributed by atoms with Crippen molar-refractivity contribution < 1.29 is 28.6 Å². The zero-order valence-corrected chi connectivity index (χ0v) is 17.7. The van der Waals surface area contributed by atoms with Gasteiger partial charge in [-0.15, -0.1) is 0 Å². The predicted octanol–water partition coefficient (Wildman–Crippen LogP) is 4.18. The summed E-state index contributed by atoms with van der Waals surface area (Å²) in [5.41, 5.74) is -1.54. The fourth-order valence-corrected chi connectivity index (χ4v) is 6.36. The van der Waals surface area contributed by atoms with Gasteiger partial charge in [0.1, 0.15) is 5.66 Å². The van der Waals surface area contributed by atoms with Gasteiger partial charge in [0.05, 0.1) is 5.41 Å². The van der Waals surface area contributed by atoms with Gasteiger partial charge < -0.3 is 4.74 Å². The lowest BCUT2D eigenvalue weighted by atomic mass is 9.88. The van der Waals surface area contributed by atoms with Crippen LogP contribution >= 0.6 is 7.37 Å². The van der Waals surface area contributed by atoms with Crippen molar-refractivity contribution in [1.82, 2.24) is 5.06 Å². The minimum Gasteiger partial charge on any atom is -0.438 e. The smallest absolute Gasteiger partial charge is 0.313 e. The molecule has 156 valence electrons. The number of esters is 1. The van der Waals surface area contributed by atoms with Crippen molar-refractivity contribution in [3.05, 3.63) is 0 Å². The molecule has 0 spiro atoms. The van der Waals surface area contributed by atoms with Gasteiger partial charge in [-0.1, -0.05) is 32.1 Å². The molecule has 2 aliphatic rings. The highest BCUT2D eigenvalue weighted by molar-refractivity contribution is 7.60. The van der Waals surface area contributed by atoms with Crippen LogP contribution in [0.1, 0.15) is 72.1 Å². The van der Waals surface area contributed by atoms with Crippen LogP contribution in [0.4, 0.5) is 0 Å². The highest BCUT2D eigenvalue weighted by Crippen LogP contribution is 2.56. The van der Waals surface area contributed by atoms with Crippen LogP contribution < -0.4 is 0 Å². The first-order chi connectivity index (χ1) is 12.6. The average molecular weight is 403 g/mol. The number of piperidine rings is 1. The second-order valence-corrected chi connectivity index (χ2v) is 11.6. The Bertz CT molecular complexity index is 567. The SMILES string of the molecule is CC(C)(C)C(=O)OCOP(=O)(CCC1CCCCC1)C1CCCN(O)C1=O. The molecule has 2 fully saturated rings. The molecule has 0 bridgehead atoms. The van der Waals surface area contributed by atoms with Crippen LogP contribution in [-0.4, -0.2) is 47.3 Å². The molecule has 27 heavy (non-hydrogen) atoms. The summed E-state index contributed by atoms with van der Waals surface area (Å²) >= 11 is 0. The van der Waals surface area contributed by atoms with E-state index >= 15 is 0 Å². The van der Waals surface area contributed by atoms with Crippen LogP contribution in [0.3, 0.4) is 0 Å². The second kappa shape index (κ2) is 9.53. The van der Waals surface area contributed by atoms with E-state index in [0.29, 0.717) is 23.8 Å². The fraction of sp³-hybridized carbons (Fsp3) is 0.895. The van der Waals surface area contributed by atoms with Crippen LogP contribution in [-0.2, 0) is 23.4 Å². The summed E-state index contributed by atoms with van der Waals surface area (Å²) in [5.74, 6) is -0.493. The van der Waals surface area contributed by atoms with E-state index < -0.39 is 37.1 Å². The molecule has 2 unspecified atom stereocenters. The Balaban J connectivity index is 2.03. The molecule has 1 aliphatic heterocycles. The molecule has 1 saturated heterocycles. The van der Waals surface area contributed by atoms with Gasteiger partial charge in [-0.25, -0.2) is 5.06 Å². The number of ether oxygens (including phenoxy) is 1. The number of amides is 1. The highest BCUT2D eigenvalue weighted by Gasteiger charge is 2.44.